The second-order valence-electron chi connectivity index (χ2n) is 6.54. The van der Waals surface area contributed by atoms with Gasteiger partial charge < -0.3 is 9.47 Å². The van der Waals surface area contributed by atoms with Gasteiger partial charge in [-0.25, -0.2) is 13.1 Å². The van der Waals surface area contributed by atoms with Gasteiger partial charge in [0.2, 0.25) is 10.0 Å². The smallest absolute Gasteiger partial charge is 0.240 e. The van der Waals surface area contributed by atoms with Gasteiger partial charge in [-0.2, -0.15) is 0 Å². The summed E-state index contributed by atoms with van der Waals surface area (Å²) in [5.74, 6) is 1.40. The van der Waals surface area contributed by atoms with E-state index in [0.29, 0.717) is 29.6 Å². The fourth-order valence-corrected chi connectivity index (χ4v) is 3.08. The number of methoxy groups -OCH3 is 1. The number of hydrogen-bond donors (Lipinski definition) is 1. The molecule has 2 rings (SSSR count). The molecule has 0 aliphatic rings. The lowest BCUT2D eigenvalue weighted by Crippen LogP contribution is -2.18. The van der Waals surface area contributed by atoms with E-state index in [-0.39, 0.29) is 10.7 Å². The fourth-order valence-electron chi connectivity index (χ4n) is 2.35. The molecule has 0 aliphatic heterocycles. The summed E-state index contributed by atoms with van der Waals surface area (Å²) in [6.07, 6.45) is 3.12. The van der Waals surface area contributed by atoms with Crippen LogP contribution < -0.4 is 14.2 Å². The van der Waals surface area contributed by atoms with Crippen LogP contribution in [-0.2, 0) is 10.0 Å². The number of sulfonamides is 1. The summed E-state index contributed by atoms with van der Waals surface area (Å²) in [7, 11) is -0.608. The van der Waals surface area contributed by atoms with Crippen molar-refractivity contribution in [3.05, 3.63) is 59.7 Å². The maximum atomic E-state index is 12.4. The highest BCUT2D eigenvalue weighted by atomic mass is 32.2. The Balaban J connectivity index is 2.16. The Labute approximate surface area is 166 Å². The second kappa shape index (κ2) is 9.52. The summed E-state index contributed by atoms with van der Waals surface area (Å²) < 4.78 is 36.8. The van der Waals surface area contributed by atoms with Gasteiger partial charge in [-0.1, -0.05) is 26.0 Å². The number of ether oxygens (including phenoxy) is 2. The van der Waals surface area contributed by atoms with Crippen LogP contribution in [0.4, 0.5) is 0 Å². The molecule has 2 aromatic rings. The molecule has 0 atom stereocenters. The Hall–Kier alpha value is -2.64. The largest absolute Gasteiger partial charge is 0.493 e. The molecule has 6 nitrogen and oxygen atoms in total. The topological polar surface area (TPSA) is 81.7 Å². The SMILES string of the molecule is CNS(=O)(=O)c1ccc(C(=O)/C=C/c2ccc(OC)c(OCC(C)C)c2)cc1. The Morgan fingerprint density at radius 2 is 1.79 bits per heavy atom. The van der Waals surface area contributed by atoms with Gasteiger partial charge >= 0.3 is 0 Å². The molecule has 0 aromatic heterocycles. The van der Waals surface area contributed by atoms with Crippen molar-refractivity contribution < 1.29 is 22.7 Å². The molecule has 0 bridgehead atoms. The monoisotopic (exact) mass is 403 g/mol. The van der Waals surface area contributed by atoms with Crippen LogP contribution in [0.15, 0.2) is 53.4 Å². The first-order valence-electron chi connectivity index (χ1n) is 8.83. The Morgan fingerprint density at radius 3 is 2.36 bits per heavy atom. The number of hydrogen-bond acceptors (Lipinski definition) is 5. The van der Waals surface area contributed by atoms with Crippen molar-refractivity contribution in [1.82, 2.24) is 4.72 Å². The van der Waals surface area contributed by atoms with Gasteiger partial charge in [0, 0.05) is 5.56 Å². The van der Waals surface area contributed by atoms with Crippen molar-refractivity contribution in [3.8, 4) is 11.5 Å². The quantitative estimate of drug-likeness (QED) is 0.512. The van der Waals surface area contributed by atoms with Crippen LogP contribution in [0, 0.1) is 5.92 Å². The molecule has 0 unspecified atom stereocenters. The third-order valence-electron chi connectivity index (χ3n) is 3.90. The maximum absolute atomic E-state index is 12.4. The standard InChI is InChI=1S/C21H25NO5S/c1-15(2)14-27-21-13-16(6-12-20(21)26-4)5-11-19(23)17-7-9-18(10-8-17)28(24,25)22-3/h5-13,15,22H,14H2,1-4H3/b11-5+. The minimum Gasteiger partial charge on any atom is -0.493 e. The van der Waals surface area contributed by atoms with Gasteiger partial charge in [0.15, 0.2) is 17.3 Å². The van der Waals surface area contributed by atoms with Crippen molar-refractivity contribution in [2.45, 2.75) is 18.7 Å². The van der Waals surface area contributed by atoms with Crippen molar-refractivity contribution in [2.75, 3.05) is 20.8 Å². The molecule has 0 radical (unpaired) electrons. The van der Waals surface area contributed by atoms with Crippen LogP contribution in [0.5, 0.6) is 11.5 Å². The highest BCUT2D eigenvalue weighted by Gasteiger charge is 2.12. The van der Waals surface area contributed by atoms with Crippen LogP contribution >= 0.6 is 0 Å². The van der Waals surface area contributed by atoms with Gasteiger partial charge in [-0.05, 0) is 61.0 Å². The molecule has 0 spiro atoms. The molecule has 0 aliphatic carbocycles. The number of nitrogens with one attached hydrogen (secondary N) is 1. The Kier molecular flexibility index (Phi) is 7.37. The van der Waals surface area contributed by atoms with Gasteiger partial charge in [0.25, 0.3) is 0 Å². The van der Waals surface area contributed by atoms with E-state index in [4.69, 9.17) is 9.47 Å². The highest BCUT2D eigenvalue weighted by molar-refractivity contribution is 7.89. The van der Waals surface area contributed by atoms with E-state index in [2.05, 4.69) is 18.6 Å². The molecule has 0 saturated heterocycles. The maximum Gasteiger partial charge on any atom is 0.240 e. The zero-order valence-corrected chi connectivity index (χ0v) is 17.2. The zero-order chi connectivity index (χ0) is 20.7. The summed E-state index contributed by atoms with van der Waals surface area (Å²) in [6, 6.07) is 11.2. The first-order valence-corrected chi connectivity index (χ1v) is 10.3. The number of ketones is 1. The predicted octanol–water partition coefficient (Wildman–Crippen LogP) is 3.53. The predicted molar refractivity (Wildman–Crippen MR) is 109 cm³/mol. The van der Waals surface area contributed by atoms with Gasteiger partial charge in [-0.3, -0.25) is 4.79 Å². The molecule has 0 amide bonds. The van der Waals surface area contributed by atoms with E-state index >= 15 is 0 Å². The molecule has 150 valence electrons. The van der Waals surface area contributed by atoms with Gasteiger partial charge in [0.05, 0.1) is 18.6 Å². The number of allylic oxidation sites excluding steroid dienone is 1. The molecule has 0 fully saturated rings. The Bertz CT molecular complexity index is 947. The molecular formula is C21H25NO5S. The van der Waals surface area contributed by atoms with E-state index in [1.807, 2.05) is 12.1 Å². The van der Waals surface area contributed by atoms with Crippen LogP contribution in [0.3, 0.4) is 0 Å². The fraction of sp³-hybridized carbons (Fsp3) is 0.286. The molecule has 0 saturated carbocycles. The number of carbonyl (C=O) groups excluding carboxylic acids is 1. The van der Waals surface area contributed by atoms with E-state index < -0.39 is 10.0 Å². The lowest BCUT2D eigenvalue weighted by Gasteiger charge is -2.13. The van der Waals surface area contributed by atoms with Crippen molar-refractivity contribution in [1.29, 1.82) is 0 Å². The third-order valence-corrected chi connectivity index (χ3v) is 5.34. The first kappa shape index (κ1) is 21.7. The molecule has 0 heterocycles. The van der Waals surface area contributed by atoms with E-state index in [0.717, 1.165) is 5.56 Å². The second-order valence-corrected chi connectivity index (χ2v) is 8.43. The summed E-state index contributed by atoms with van der Waals surface area (Å²) in [4.78, 5) is 12.5. The zero-order valence-electron chi connectivity index (χ0n) is 16.4. The van der Waals surface area contributed by atoms with Gasteiger partial charge in [-0.15, -0.1) is 0 Å². The van der Waals surface area contributed by atoms with E-state index in [9.17, 15) is 13.2 Å². The Morgan fingerprint density at radius 1 is 1.11 bits per heavy atom. The van der Waals surface area contributed by atoms with Crippen molar-refractivity contribution >= 4 is 21.9 Å². The number of carbonyl (C=O) groups is 1. The highest BCUT2D eigenvalue weighted by Crippen LogP contribution is 2.29. The molecule has 7 heteroatoms. The van der Waals surface area contributed by atoms with Crippen LogP contribution in [0.2, 0.25) is 0 Å². The summed E-state index contributed by atoms with van der Waals surface area (Å²) in [6.45, 7) is 4.67. The molecule has 28 heavy (non-hydrogen) atoms. The average Bonchev–Trinajstić information content (AvgIpc) is 2.70. The molecule has 1 N–H and O–H groups in total. The van der Waals surface area contributed by atoms with Gasteiger partial charge in [0.1, 0.15) is 0 Å². The van der Waals surface area contributed by atoms with Crippen LogP contribution in [0.25, 0.3) is 6.08 Å². The summed E-state index contributed by atoms with van der Waals surface area (Å²) in [5, 5.41) is 0. The van der Waals surface area contributed by atoms with Crippen molar-refractivity contribution in [3.63, 3.8) is 0 Å². The van der Waals surface area contributed by atoms with Crippen LogP contribution in [-0.4, -0.2) is 35.0 Å². The summed E-state index contributed by atoms with van der Waals surface area (Å²) in [5.41, 5.74) is 1.19. The lowest BCUT2D eigenvalue weighted by molar-refractivity contribution is 0.104. The third kappa shape index (κ3) is 5.68. The average molecular weight is 404 g/mol. The van der Waals surface area contributed by atoms with Crippen LogP contribution in [0.1, 0.15) is 29.8 Å². The normalized spacial score (nSPS) is 11.8. The van der Waals surface area contributed by atoms with E-state index in [1.165, 1.54) is 37.4 Å². The molecule has 2 aromatic carbocycles. The number of rotatable bonds is 9. The minimum atomic E-state index is -3.52. The number of benzene rings is 2. The summed E-state index contributed by atoms with van der Waals surface area (Å²) >= 11 is 0. The molecular weight excluding hydrogens is 378 g/mol. The lowest BCUT2D eigenvalue weighted by atomic mass is 10.1. The van der Waals surface area contributed by atoms with Crippen molar-refractivity contribution in [2.24, 2.45) is 5.92 Å². The minimum absolute atomic E-state index is 0.109. The first-order chi connectivity index (χ1) is 13.3. The van der Waals surface area contributed by atoms with E-state index in [1.54, 1.807) is 19.3 Å².